The van der Waals surface area contributed by atoms with Gasteiger partial charge in [0.05, 0.1) is 11.4 Å². The van der Waals surface area contributed by atoms with Crippen molar-refractivity contribution < 1.29 is 13.2 Å². The van der Waals surface area contributed by atoms with Gasteiger partial charge in [-0.05, 0) is 36.2 Å². The molecule has 8 heteroatoms. The molecule has 28 heavy (non-hydrogen) atoms. The van der Waals surface area contributed by atoms with Crippen molar-refractivity contribution in [1.82, 2.24) is 14.5 Å². The van der Waals surface area contributed by atoms with Crippen LogP contribution in [0.25, 0.3) is 0 Å². The van der Waals surface area contributed by atoms with E-state index in [0.29, 0.717) is 42.6 Å². The van der Waals surface area contributed by atoms with Gasteiger partial charge in [0, 0.05) is 37.7 Å². The summed E-state index contributed by atoms with van der Waals surface area (Å²) >= 11 is 5.86. The number of hydrogen-bond donors (Lipinski definition) is 1. The van der Waals surface area contributed by atoms with Gasteiger partial charge in [-0.2, -0.15) is 4.31 Å². The van der Waals surface area contributed by atoms with E-state index in [1.54, 1.807) is 30.3 Å². The maximum absolute atomic E-state index is 12.6. The van der Waals surface area contributed by atoms with Gasteiger partial charge in [-0.1, -0.05) is 41.9 Å². The minimum Gasteiger partial charge on any atom is -0.355 e. The molecule has 6 nitrogen and oxygen atoms in total. The minimum absolute atomic E-state index is 0.0478. The smallest absolute Gasteiger partial charge is 0.243 e. The van der Waals surface area contributed by atoms with Crippen LogP contribution in [0.4, 0.5) is 0 Å². The third-order valence-corrected chi connectivity index (χ3v) is 6.89. The molecule has 1 aliphatic rings. The van der Waals surface area contributed by atoms with E-state index < -0.39 is 10.0 Å². The summed E-state index contributed by atoms with van der Waals surface area (Å²) in [6, 6.07) is 16.0. The Morgan fingerprint density at radius 1 is 0.964 bits per heavy atom. The van der Waals surface area contributed by atoms with Crippen LogP contribution >= 0.6 is 11.6 Å². The molecule has 0 radical (unpaired) electrons. The number of carbonyl (C=O) groups excluding carboxylic acids is 1. The van der Waals surface area contributed by atoms with E-state index in [2.05, 4.69) is 5.32 Å². The fraction of sp³-hybridized carbons (Fsp3) is 0.350. The number of nitrogens with zero attached hydrogens (tertiary/aromatic N) is 2. The van der Waals surface area contributed by atoms with Gasteiger partial charge in [0.1, 0.15) is 0 Å². The van der Waals surface area contributed by atoms with Crippen molar-refractivity contribution in [2.45, 2.75) is 11.3 Å². The van der Waals surface area contributed by atoms with Gasteiger partial charge in [0.2, 0.25) is 15.9 Å². The third kappa shape index (κ3) is 5.54. The number of sulfonamides is 1. The summed E-state index contributed by atoms with van der Waals surface area (Å²) in [7, 11) is -3.47. The first-order valence-corrected chi connectivity index (χ1v) is 11.1. The van der Waals surface area contributed by atoms with Gasteiger partial charge >= 0.3 is 0 Å². The molecule has 0 atom stereocenters. The molecule has 1 amide bonds. The number of halogens is 1. The average Bonchev–Trinajstić information content (AvgIpc) is 2.70. The Kier molecular flexibility index (Phi) is 7.07. The molecule has 0 aliphatic carbocycles. The Morgan fingerprint density at radius 3 is 2.25 bits per heavy atom. The SMILES string of the molecule is O=C(CN1CCN(S(=O)(=O)c2ccccc2)CC1)NCCc1ccc(Cl)cc1. The summed E-state index contributed by atoms with van der Waals surface area (Å²) in [5, 5.41) is 3.61. The van der Waals surface area contributed by atoms with Gasteiger partial charge in [0.15, 0.2) is 0 Å². The number of amides is 1. The molecule has 0 bridgehead atoms. The van der Waals surface area contributed by atoms with Crippen LogP contribution < -0.4 is 5.32 Å². The Morgan fingerprint density at radius 2 is 1.61 bits per heavy atom. The van der Waals surface area contributed by atoms with Gasteiger partial charge in [-0.15, -0.1) is 0 Å². The Bertz CT molecular complexity index is 881. The quantitative estimate of drug-likeness (QED) is 0.742. The van der Waals surface area contributed by atoms with E-state index in [9.17, 15) is 13.2 Å². The van der Waals surface area contributed by atoms with Crippen LogP contribution in [0, 0.1) is 0 Å². The van der Waals surface area contributed by atoms with Crippen molar-refractivity contribution in [1.29, 1.82) is 0 Å². The van der Waals surface area contributed by atoms with Gasteiger partial charge < -0.3 is 5.32 Å². The molecule has 1 saturated heterocycles. The van der Waals surface area contributed by atoms with Crippen LogP contribution in [0.2, 0.25) is 5.02 Å². The summed E-state index contributed by atoms with van der Waals surface area (Å²) < 4.78 is 26.7. The average molecular weight is 422 g/mol. The summed E-state index contributed by atoms with van der Waals surface area (Å²) in [5.74, 6) is -0.0478. The highest BCUT2D eigenvalue weighted by atomic mass is 35.5. The van der Waals surface area contributed by atoms with E-state index in [0.717, 1.165) is 12.0 Å². The van der Waals surface area contributed by atoms with Crippen molar-refractivity contribution in [3.63, 3.8) is 0 Å². The maximum Gasteiger partial charge on any atom is 0.243 e. The molecular weight excluding hydrogens is 398 g/mol. The van der Waals surface area contributed by atoms with Crippen LogP contribution in [0.15, 0.2) is 59.5 Å². The first-order valence-electron chi connectivity index (χ1n) is 9.24. The molecule has 2 aromatic rings. The van der Waals surface area contributed by atoms with Crippen molar-refractivity contribution in [2.75, 3.05) is 39.3 Å². The van der Waals surface area contributed by atoms with E-state index in [-0.39, 0.29) is 12.5 Å². The zero-order chi connectivity index (χ0) is 20.0. The van der Waals surface area contributed by atoms with Crippen LogP contribution in [-0.4, -0.2) is 62.8 Å². The molecule has 1 heterocycles. The summed E-state index contributed by atoms with van der Waals surface area (Å²) in [6.07, 6.45) is 0.742. The molecule has 2 aromatic carbocycles. The fourth-order valence-corrected chi connectivity index (χ4v) is 4.70. The number of hydrogen-bond acceptors (Lipinski definition) is 4. The Hall–Kier alpha value is -1.93. The largest absolute Gasteiger partial charge is 0.355 e. The van der Waals surface area contributed by atoms with E-state index in [4.69, 9.17) is 11.6 Å². The Labute approximate surface area is 171 Å². The molecule has 150 valence electrons. The maximum atomic E-state index is 12.6. The highest BCUT2D eigenvalue weighted by molar-refractivity contribution is 7.89. The first-order chi connectivity index (χ1) is 13.4. The molecule has 1 N–H and O–H groups in total. The highest BCUT2D eigenvalue weighted by Gasteiger charge is 2.28. The number of piperazine rings is 1. The fourth-order valence-electron chi connectivity index (χ4n) is 3.13. The molecule has 0 spiro atoms. The lowest BCUT2D eigenvalue weighted by Gasteiger charge is -2.33. The molecule has 3 rings (SSSR count). The third-order valence-electron chi connectivity index (χ3n) is 4.73. The summed E-state index contributed by atoms with van der Waals surface area (Å²) in [5.41, 5.74) is 1.12. The number of benzene rings is 2. The molecule has 0 unspecified atom stereocenters. The predicted molar refractivity (Wildman–Crippen MR) is 110 cm³/mol. The second kappa shape index (κ2) is 9.52. The normalized spacial score (nSPS) is 16.0. The molecule has 0 saturated carbocycles. The van der Waals surface area contributed by atoms with Gasteiger partial charge in [-0.3, -0.25) is 9.69 Å². The van der Waals surface area contributed by atoms with Crippen molar-refractivity contribution in [2.24, 2.45) is 0 Å². The second-order valence-corrected chi connectivity index (χ2v) is 9.09. The predicted octanol–water partition coefficient (Wildman–Crippen LogP) is 2.01. The lowest BCUT2D eigenvalue weighted by molar-refractivity contribution is -0.122. The van der Waals surface area contributed by atoms with Crippen LogP contribution in [-0.2, 0) is 21.2 Å². The number of carbonyl (C=O) groups is 1. The Balaban J connectivity index is 1.41. The second-order valence-electron chi connectivity index (χ2n) is 6.72. The van der Waals surface area contributed by atoms with Crippen LogP contribution in [0.3, 0.4) is 0 Å². The van der Waals surface area contributed by atoms with Crippen LogP contribution in [0.1, 0.15) is 5.56 Å². The molecular formula is C20H24ClN3O3S. The zero-order valence-corrected chi connectivity index (χ0v) is 17.1. The topological polar surface area (TPSA) is 69.7 Å². The van der Waals surface area contributed by atoms with Crippen molar-refractivity contribution in [3.8, 4) is 0 Å². The summed E-state index contributed by atoms with van der Waals surface area (Å²) in [4.78, 5) is 14.4. The molecule has 1 aliphatic heterocycles. The standard InChI is InChI=1S/C20H24ClN3O3S/c21-18-8-6-17(7-9-18)10-11-22-20(25)16-23-12-14-24(15-13-23)28(26,27)19-4-2-1-3-5-19/h1-9H,10-16H2,(H,22,25). The summed E-state index contributed by atoms with van der Waals surface area (Å²) in [6.45, 7) is 2.68. The highest BCUT2D eigenvalue weighted by Crippen LogP contribution is 2.17. The lowest BCUT2D eigenvalue weighted by atomic mass is 10.1. The lowest BCUT2D eigenvalue weighted by Crippen LogP contribution is -2.51. The van der Waals surface area contributed by atoms with Crippen LogP contribution in [0.5, 0.6) is 0 Å². The monoisotopic (exact) mass is 421 g/mol. The van der Waals surface area contributed by atoms with Gasteiger partial charge in [0.25, 0.3) is 0 Å². The minimum atomic E-state index is -3.47. The van der Waals surface area contributed by atoms with Crippen molar-refractivity contribution in [3.05, 3.63) is 65.2 Å². The first kappa shape index (κ1) is 20.8. The number of rotatable bonds is 7. The molecule has 1 fully saturated rings. The van der Waals surface area contributed by atoms with Crippen molar-refractivity contribution >= 4 is 27.5 Å². The van der Waals surface area contributed by atoms with E-state index in [1.807, 2.05) is 29.2 Å². The van der Waals surface area contributed by atoms with E-state index in [1.165, 1.54) is 4.31 Å². The zero-order valence-electron chi connectivity index (χ0n) is 15.6. The molecule has 0 aromatic heterocycles. The van der Waals surface area contributed by atoms with E-state index >= 15 is 0 Å². The number of nitrogens with one attached hydrogen (secondary N) is 1. The van der Waals surface area contributed by atoms with Gasteiger partial charge in [-0.25, -0.2) is 8.42 Å².